The lowest BCUT2D eigenvalue weighted by molar-refractivity contribution is -0.129. The summed E-state index contributed by atoms with van der Waals surface area (Å²) in [7, 11) is -3.28. The molecule has 0 radical (unpaired) electrons. The molecule has 1 saturated carbocycles. The SMILES string of the molecule is C=C(/C=C\C1=CN(C(=O)OC2CCCCC2)CC(C)N1C(C)=O)c1ccc(S(=O)(=O)CCC)cc1. The van der Waals surface area contributed by atoms with Crippen molar-refractivity contribution in [3.8, 4) is 0 Å². The topological polar surface area (TPSA) is 84.0 Å². The van der Waals surface area contributed by atoms with Gasteiger partial charge in [0.05, 0.1) is 22.4 Å². The van der Waals surface area contributed by atoms with Gasteiger partial charge in [0.1, 0.15) is 6.10 Å². The van der Waals surface area contributed by atoms with Crippen molar-refractivity contribution in [1.82, 2.24) is 9.80 Å². The molecule has 1 aliphatic heterocycles. The third-order valence-corrected chi connectivity index (χ3v) is 8.31. The van der Waals surface area contributed by atoms with E-state index in [4.69, 9.17) is 4.74 Å². The molecule has 0 saturated heterocycles. The third kappa shape index (κ3) is 6.84. The Balaban J connectivity index is 1.77. The van der Waals surface area contributed by atoms with Gasteiger partial charge in [-0.3, -0.25) is 9.69 Å². The molecule has 35 heavy (non-hydrogen) atoms. The Bertz CT molecular complexity index is 1100. The maximum Gasteiger partial charge on any atom is 0.414 e. The first kappa shape index (κ1) is 26.7. The third-order valence-electron chi connectivity index (χ3n) is 6.37. The fourth-order valence-corrected chi connectivity index (χ4v) is 5.90. The fourth-order valence-electron chi connectivity index (χ4n) is 4.58. The molecule has 190 valence electrons. The molecule has 1 aliphatic carbocycles. The lowest BCUT2D eigenvalue weighted by Gasteiger charge is -2.38. The summed E-state index contributed by atoms with van der Waals surface area (Å²) in [6, 6.07) is 6.42. The number of carbonyl (C=O) groups is 2. The van der Waals surface area contributed by atoms with Gasteiger partial charge in [0.15, 0.2) is 9.84 Å². The number of hydrogen-bond acceptors (Lipinski definition) is 5. The number of carbonyl (C=O) groups excluding carboxylic acids is 2. The predicted molar refractivity (Wildman–Crippen MR) is 137 cm³/mol. The lowest BCUT2D eigenvalue weighted by atomic mass is 9.98. The number of hydrogen-bond donors (Lipinski definition) is 0. The smallest absolute Gasteiger partial charge is 0.414 e. The number of nitrogens with zero attached hydrogens (tertiary/aromatic N) is 2. The summed E-state index contributed by atoms with van der Waals surface area (Å²) in [5, 5.41) is 0. The Morgan fingerprint density at radius 3 is 2.40 bits per heavy atom. The van der Waals surface area contributed by atoms with Crippen LogP contribution in [0.2, 0.25) is 0 Å². The van der Waals surface area contributed by atoms with Crippen LogP contribution in [0, 0.1) is 0 Å². The van der Waals surface area contributed by atoms with Gasteiger partial charge in [0.25, 0.3) is 0 Å². The van der Waals surface area contributed by atoms with Gasteiger partial charge in [-0.15, -0.1) is 0 Å². The van der Waals surface area contributed by atoms with Crippen LogP contribution in [-0.2, 0) is 19.4 Å². The summed E-state index contributed by atoms with van der Waals surface area (Å²) in [5.41, 5.74) is 1.99. The van der Waals surface area contributed by atoms with Crippen LogP contribution in [0.4, 0.5) is 4.79 Å². The van der Waals surface area contributed by atoms with Crippen LogP contribution in [-0.4, -0.2) is 54.7 Å². The van der Waals surface area contributed by atoms with E-state index in [9.17, 15) is 18.0 Å². The van der Waals surface area contributed by atoms with Crippen molar-refractivity contribution in [2.45, 2.75) is 76.3 Å². The quantitative estimate of drug-likeness (QED) is 0.474. The van der Waals surface area contributed by atoms with Crippen molar-refractivity contribution in [2.75, 3.05) is 12.3 Å². The maximum absolute atomic E-state index is 12.8. The van der Waals surface area contributed by atoms with E-state index in [0.29, 0.717) is 29.1 Å². The summed E-state index contributed by atoms with van der Waals surface area (Å²) in [6.45, 7) is 9.67. The van der Waals surface area contributed by atoms with Crippen LogP contribution < -0.4 is 0 Å². The van der Waals surface area contributed by atoms with Gasteiger partial charge in [-0.05, 0) is 68.4 Å². The van der Waals surface area contributed by atoms with E-state index >= 15 is 0 Å². The molecule has 7 nitrogen and oxygen atoms in total. The van der Waals surface area contributed by atoms with Crippen LogP contribution in [0.1, 0.15) is 64.9 Å². The van der Waals surface area contributed by atoms with E-state index in [1.54, 1.807) is 47.5 Å². The van der Waals surface area contributed by atoms with Gasteiger partial charge in [0, 0.05) is 19.7 Å². The van der Waals surface area contributed by atoms with Crippen LogP contribution in [0.25, 0.3) is 5.57 Å². The normalized spacial score (nSPS) is 19.5. The molecule has 0 N–H and O–H groups in total. The molecule has 1 atom stereocenters. The Morgan fingerprint density at radius 2 is 1.80 bits per heavy atom. The Morgan fingerprint density at radius 1 is 1.14 bits per heavy atom. The Kier molecular flexibility index (Phi) is 8.94. The molecule has 1 fully saturated rings. The van der Waals surface area contributed by atoms with Gasteiger partial charge >= 0.3 is 6.09 Å². The molecule has 2 aliphatic rings. The van der Waals surface area contributed by atoms with Crippen molar-refractivity contribution in [1.29, 1.82) is 0 Å². The van der Waals surface area contributed by atoms with Crippen molar-refractivity contribution in [3.63, 3.8) is 0 Å². The zero-order chi connectivity index (χ0) is 25.6. The minimum Gasteiger partial charge on any atom is -0.446 e. The van der Waals surface area contributed by atoms with E-state index < -0.39 is 9.84 Å². The standard InChI is InChI=1S/C27H36N2O5S/c1-5-17-35(32,33)26-15-12-23(13-16-26)20(2)11-14-24-19-28(18-21(3)29(24)22(4)30)27(31)34-25-9-7-6-8-10-25/h11-16,19,21,25H,2,5-10,17-18H2,1,3-4H3/b14-11-. The zero-order valence-electron chi connectivity index (χ0n) is 20.9. The largest absolute Gasteiger partial charge is 0.446 e. The minimum atomic E-state index is -3.28. The van der Waals surface area contributed by atoms with E-state index in [1.807, 2.05) is 13.8 Å². The molecular weight excluding hydrogens is 464 g/mol. The van der Waals surface area contributed by atoms with Crippen LogP contribution in [0.5, 0.6) is 0 Å². The van der Waals surface area contributed by atoms with E-state index in [1.165, 1.54) is 18.2 Å². The molecule has 2 amide bonds. The summed E-state index contributed by atoms with van der Waals surface area (Å²) in [4.78, 5) is 28.6. The highest BCUT2D eigenvalue weighted by atomic mass is 32.2. The Labute approximate surface area is 209 Å². The van der Waals surface area contributed by atoms with Crippen molar-refractivity contribution in [3.05, 3.63) is 60.5 Å². The molecule has 8 heteroatoms. The molecule has 0 bridgehead atoms. The van der Waals surface area contributed by atoms with E-state index in [-0.39, 0.29) is 29.9 Å². The number of rotatable bonds is 7. The molecule has 1 aromatic carbocycles. The van der Waals surface area contributed by atoms with E-state index in [0.717, 1.165) is 31.2 Å². The molecule has 1 heterocycles. The highest BCUT2D eigenvalue weighted by molar-refractivity contribution is 7.91. The molecule has 0 aromatic heterocycles. The zero-order valence-corrected chi connectivity index (χ0v) is 21.7. The average molecular weight is 501 g/mol. The summed E-state index contributed by atoms with van der Waals surface area (Å²) >= 11 is 0. The summed E-state index contributed by atoms with van der Waals surface area (Å²) in [6.07, 6.45) is 10.4. The minimum absolute atomic E-state index is 0.0475. The van der Waals surface area contributed by atoms with Crippen LogP contribution in [0.3, 0.4) is 0 Å². The first-order valence-electron chi connectivity index (χ1n) is 12.3. The van der Waals surface area contributed by atoms with Gasteiger partial charge in [-0.2, -0.15) is 0 Å². The van der Waals surface area contributed by atoms with Gasteiger partial charge < -0.3 is 9.64 Å². The lowest BCUT2D eigenvalue weighted by Crippen LogP contribution is -2.49. The van der Waals surface area contributed by atoms with Gasteiger partial charge in [-0.25, -0.2) is 13.2 Å². The maximum atomic E-state index is 12.8. The highest BCUT2D eigenvalue weighted by Crippen LogP contribution is 2.25. The van der Waals surface area contributed by atoms with E-state index in [2.05, 4.69) is 6.58 Å². The van der Waals surface area contributed by atoms with Crippen LogP contribution >= 0.6 is 0 Å². The second kappa shape index (κ2) is 11.7. The summed E-state index contributed by atoms with van der Waals surface area (Å²) in [5.74, 6) is -0.00935. The molecule has 3 rings (SSSR count). The second-order valence-corrected chi connectivity index (χ2v) is 11.4. The highest BCUT2D eigenvalue weighted by Gasteiger charge is 2.31. The van der Waals surface area contributed by atoms with Crippen molar-refractivity contribution < 1.29 is 22.7 Å². The first-order chi connectivity index (χ1) is 16.6. The molecular formula is C27H36N2O5S. The fraction of sp³-hybridized carbons (Fsp3) is 0.481. The first-order valence-corrected chi connectivity index (χ1v) is 14.0. The number of amides is 2. The van der Waals surface area contributed by atoms with Gasteiger partial charge in [-0.1, -0.05) is 38.1 Å². The van der Waals surface area contributed by atoms with Gasteiger partial charge in [0.2, 0.25) is 5.91 Å². The number of benzene rings is 1. The molecule has 1 unspecified atom stereocenters. The second-order valence-electron chi connectivity index (χ2n) is 9.29. The number of ether oxygens (including phenoxy) is 1. The number of allylic oxidation sites excluding steroid dienone is 3. The number of sulfone groups is 1. The van der Waals surface area contributed by atoms with Crippen molar-refractivity contribution in [2.24, 2.45) is 0 Å². The Hall–Kier alpha value is -2.87. The molecule has 1 aromatic rings. The molecule has 0 spiro atoms. The monoisotopic (exact) mass is 500 g/mol. The van der Waals surface area contributed by atoms with Crippen molar-refractivity contribution >= 4 is 27.4 Å². The van der Waals surface area contributed by atoms with Crippen LogP contribution in [0.15, 0.2) is 59.8 Å². The summed E-state index contributed by atoms with van der Waals surface area (Å²) < 4.78 is 30.3. The average Bonchev–Trinajstić information content (AvgIpc) is 2.82. The predicted octanol–water partition coefficient (Wildman–Crippen LogP) is 5.30.